The van der Waals surface area contributed by atoms with Crippen LogP contribution < -0.4 is 4.74 Å². The number of methoxy groups -OCH3 is 1. The number of ether oxygens (including phenoxy) is 1. The Bertz CT molecular complexity index is 859. The third kappa shape index (κ3) is 5.73. The minimum Gasteiger partial charge on any atom is -0.494 e. The van der Waals surface area contributed by atoms with Crippen LogP contribution in [-0.2, 0) is 22.3 Å². The van der Waals surface area contributed by atoms with E-state index < -0.39 is 31.9 Å². The van der Waals surface area contributed by atoms with Gasteiger partial charge < -0.3 is 29.4 Å². The van der Waals surface area contributed by atoms with Crippen LogP contribution in [0.4, 0.5) is 4.79 Å². The van der Waals surface area contributed by atoms with E-state index in [0.29, 0.717) is 20.3 Å². The molecular formula is C17H23Br2N2O7P. The Labute approximate surface area is 185 Å². The first-order valence-electron chi connectivity index (χ1n) is 8.72. The molecule has 1 aliphatic rings. The number of carboxylic acids is 1. The number of carboxylic acid groups (broad SMARTS) is 1. The molecule has 1 unspecified atom stereocenters. The molecule has 0 bridgehead atoms. The number of aliphatic carboxylic acids is 1. The van der Waals surface area contributed by atoms with E-state index in [-0.39, 0.29) is 25.4 Å². The van der Waals surface area contributed by atoms with Crippen molar-refractivity contribution >= 4 is 51.5 Å². The standard InChI is InChI=1S/C17H23Br2N2O7P/c1-9(2)6-20(8-29(25,26)27)17(24)21-7-11-10(5-13(21)16(22)23)4-12(18)15(28-3)14(11)19/h4,9,13H,5-8H2,1-3H3,(H,22,23)(H2,25,26,27). The summed E-state index contributed by atoms with van der Waals surface area (Å²) >= 11 is 6.85. The second kappa shape index (κ2) is 9.34. The van der Waals surface area contributed by atoms with Gasteiger partial charge in [0, 0.05) is 19.5 Å². The summed E-state index contributed by atoms with van der Waals surface area (Å²) in [4.78, 5) is 46.0. The molecular weight excluding hydrogens is 535 g/mol. The SMILES string of the molecule is COc1c(Br)cc2c(c1Br)CN(C(=O)N(CC(C)C)CP(=O)(O)O)C(C(=O)O)C2. The van der Waals surface area contributed by atoms with Gasteiger partial charge in [-0.2, -0.15) is 0 Å². The molecule has 0 aromatic heterocycles. The van der Waals surface area contributed by atoms with Crippen molar-refractivity contribution in [2.45, 2.75) is 32.9 Å². The van der Waals surface area contributed by atoms with Crippen LogP contribution in [0, 0.1) is 5.92 Å². The summed E-state index contributed by atoms with van der Waals surface area (Å²) in [7, 11) is -3.03. The van der Waals surface area contributed by atoms with Crippen LogP contribution in [0.25, 0.3) is 0 Å². The highest BCUT2D eigenvalue weighted by Crippen LogP contribution is 2.42. The number of rotatable bonds is 6. The Balaban J connectivity index is 2.48. The van der Waals surface area contributed by atoms with Gasteiger partial charge in [-0.3, -0.25) is 4.57 Å². The Morgan fingerprint density at radius 1 is 1.38 bits per heavy atom. The van der Waals surface area contributed by atoms with Gasteiger partial charge in [0.25, 0.3) is 0 Å². The van der Waals surface area contributed by atoms with E-state index in [0.717, 1.165) is 15.4 Å². The van der Waals surface area contributed by atoms with Crippen LogP contribution in [0.1, 0.15) is 25.0 Å². The average molecular weight is 558 g/mol. The second-order valence-corrected chi connectivity index (χ2v) is 10.5. The first kappa shape index (κ1) is 24.1. The zero-order valence-corrected chi connectivity index (χ0v) is 20.2. The Morgan fingerprint density at radius 3 is 2.48 bits per heavy atom. The zero-order valence-electron chi connectivity index (χ0n) is 16.1. The Kier molecular flexibility index (Phi) is 7.78. The highest BCUT2D eigenvalue weighted by atomic mass is 79.9. The van der Waals surface area contributed by atoms with Crippen molar-refractivity contribution in [2.75, 3.05) is 19.9 Å². The van der Waals surface area contributed by atoms with Crippen molar-refractivity contribution < 1.29 is 33.8 Å². The molecule has 1 aromatic carbocycles. The minimum absolute atomic E-state index is 0.0366. The molecule has 162 valence electrons. The van der Waals surface area contributed by atoms with Crippen molar-refractivity contribution in [2.24, 2.45) is 5.92 Å². The molecule has 0 aliphatic carbocycles. The fraction of sp³-hybridized carbons (Fsp3) is 0.529. The lowest BCUT2D eigenvalue weighted by molar-refractivity contribution is -0.142. The van der Waals surface area contributed by atoms with Gasteiger partial charge in [-0.25, -0.2) is 9.59 Å². The minimum atomic E-state index is -4.53. The van der Waals surface area contributed by atoms with Crippen LogP contribution >= 0.6 is 39.5 Å². The number of carbonyl (C=O) groups excluding carboxylic acids is 1. The largest absolute Gasteiger partial charge is 0.494 e. The highest BCUT2D eigenvalue weighted by Gasteiger charge is 2.39. The van der Waals surface area contributed by atoms with Gasteiger partial charge >= 0.3 is 19.6 Å². The summed E-state index contributed by atoms with van der Waals surface area (Å²) in [5.74, 6) is -0.736. The summed E-state index contributed by atoms with van der Waals surface area (Å²) < 4.78 is 18.1. The molecule has 1 heterocycles. The molecule has 3 N–H and O–H groups in total. The van der Waals surface area contributed by atoms with Crippen molar-refractivity contribution in [3.63, 3.8) is 0 Å². The van der Waals surface area contributed by atoms with Crippen LogP contribution in [0.3, 0.4) is 0 Å². The molecule has 12 heteroatoms. The molecule has 9 nitrogen and oxygen atoms in total. The number of hydrogen-bond acceptors (Lipinski definition) is 4. The predicted octanol–water partition coefficient (Wildman–Crippen LogP) is 3.24. The molecule has 0 saturated heterocycles. The maximum absolute atomic E-state index is 13.2. The smallest absolute Gasteiger partial charge is 0.344 e. The Hall–Kier alpha value is -1.13. The number of fused-ring (bicyclic) bond motifs is 1. The molecule has 1 aliphatic heterocycles. The van der Waals surface area contributed by atoms with Gasteiger partial charge in [-0.05, 0) is 55.0 Å². The van der Waals surface area contributed by atoms with Gasteiger partial charge in [0.1, 0.15) is 18.1 Å². The monoisotopic (exact) mass is 556 g/mol. The van der Waals surface area contributed by atoms with E-state index in [1.54, 1.807) is 19.9 Å². The maximum Gasteiger partial charge on any atom is 0.344 e. The molecule has 0 radical (unpaired) electrons. The van der Waals surface area contributed by atoms with Crippen LogP contribution in [0.2, 0.25) is 0 Å². The van der Waals surface area contributed by atoms with Crippen molar-refractivity contribution in [3.05, 3.63) is 26.1 Å². The molecule has 0 spiro atoms. The molecule has 0 fully saturated rings. The highest BCUT2D eigenvalue weighted by molar-refractivity contribution is 9.11. The number of urea groups is 1. The topological polar surface area (TPSA) is 128 Å². The van der Waals surface area contributed by atoms with E-state index in [9.17, 15) is 29.0 Å². The number of nitrogens with zero attached hydrogens (tertiary/aromatic N) is 2. The van der Waals surface area contributed by atoms with Crippen molar-refractivity contribution in [3.8, 4) is 5.75 Å². The lowest BCUT2D eigenvalue weighted by atomic mass is 9.94. The molecule has 2 rings (SSSR count). The van der Waals surface area contributed by atoms with Gasteiger partial charge in [0.15, 0.2) is 0 Å². The summed E-state index contributed by atoms with van der Waals surface area (Å²) in [6, 6.07) is -0.124. The third-order valence-corrected chi connectivity index (χ3v) is 6.57. The quantitative estimate of drug-likeness (QED) is 0.458. The average Bonchev–Trinajstić information content (AvgIpc) is 2.58. The van der Waals surface area contributed by atoms with Crippen molar-refractivity contribution in [1.29, 1.82) is 0 Å². The van der Waals surface area contributed by atoms with Crippen LogP contribution in [0.5, 0.6) is 5.75 Å². The molecule has 1 aromatic rings. The van der Waals surface area contributed by atoms with E-state index in [1.807, 2.05) is 0 Å². The maximum atomic E-state index is 13.2. The van der Waals surface area contributed by atoms with Gasteiger partial charge in [-0.1, -0.05) is 13.8 Å². The van der Waals surface area contributed by atoms with E-state index in [4.69, 9.17) is 4.74 Å². The fourth-order valence-corrected chi connectivity index (χ4v) is 5.63. The summed E-state index contributed by atoms with van der Waals surface area (Å²) in [6.07, 6.45) is -0.715. The van der Waals surface area contributed by atoms with E-state index in [1.165, 1.54) is 7.11 Å². The first-order valence-corrected chi connectivity index (χ1v) is 12.1. The number of hydrogen-bond donors (Lipinski definition) is 3. The Morgan fingerprint density at radius 2 is 2.00 bits per heavy atom. The number of benzene rings is 1. The van der Waals surface area contributed by atoms with Gasteiger partial charge in [0.05, 0.1) is 16.1 Å². The first-order chi connectivity index (χ1) is 13.4. The number of amides is 2. The summed E-state index contributed by atoms with van der Waals surface area (Å²) in [6.45, 7) is 3.66. The lowest BCUT2D eigenvalue weighted by Crippen LogP contribution is -2.54. The lowest BCUT2D eigenvalue weighted by Gasteiger charge is -2.39. The molecule has 2 amide bonds. The fourth-order valence-electron chi connectivity index (χ4n) is 3.29. The number of halogens is 2. The van der Waals surface area contributed by atoms with Gasteiger partial charge in [0.2, 0.25) is 0 Å². The second-order valence-electron chi connectivity index (χ2n) is 7.23. The molecule has 1 atom stereocenters. The van der Waals surface area contributed by atoms with Gasteiger partial charge in [-0.15, -0.1) is 0 Å². The predicted molar refractivity (Wildman–Crippen MR) is 113 cm³/mol. The zero-order chi connectivity index (χ0) is 22.1. The molecule has 29 heavy (non-hydrogen) atoms. The normalized spacial score (nSPS) is 16.6. The van der Waals surface area contributed by atoms with E-state index >= 15 is 0 Å². The third-order valence-electron chi connectivity index (χ3n) is 4.43. The van der Waals surface area contributed by atoms with Crippen molar-refractivity contribution in [1.82, 2.24) is 9.80 Å². The van der Waals surface area contributed by atoms with Crippen LogP contribution in [-0.4, -0.2) is 62.7 Å². The summed E-state index contributed by atoms with van der Waals surface area (Å²) in [5, 5.41) is 9.70. The summed E-state index contributed by atoms with van der Waals surface area (Å²) in [5.41, 5.74) is 1.43. The van der Waals surface area contributed by atoms with Crippen LogP contribution in [0.15, 0.2) is 15.0 Å². The van der Waals surface area contributed by atoms with E-state index in [2.05, 4.69) is 31.9 Å². The number of carbonyl (C=O) groups is 2. The molecule has 0 saturated carbocycles.